The van der Waals surface area contributed by atoms with Crippen molar-refractivity contribution in [2.75, 3.05) is 13.7 Å². The van der Waals surface area contributed by atoms with Crippen LogP contribution >= 0.6 is 0 Å². The molecular weight excluding hydrogens is 144 g/mol. The highest BCUT2D eigenvalue weighted by Crippen LogP contribution is 1.88. The molecule has 4 heteroatoms. The van der Waals surface area contributed by atoms with Gasteiger partial charge in [-0.15, -0.1) is 0 Å². The second-order valence-corrected chi connectivity index (χ2v) is 2.52. The van der Waals surface area contributed by atoms with Crippen LogP contribution in [-0.2, 0) is 9.53 Å². The van der Waals surface area contributed by atoms with E-state index in [1.54, 1.807) is 6.92 Å². The van der Waals surface area contributed by atoms with Crippen LogP contribution in [0.5, 0.6) is 0 Å². The molecular formula is C7H16N2O2. The summed E-state index contributed by atoms with van der Waals surface area (Å²) in [6, 6.07) is 0.0140. The van der Waals surface area contributed by atoms with E-state index in [1.807, 2.05) is 6.92 Å². The smallest absolute Gasteiger partial charge is 0.249 e. The highest BCUT2D eigenvalue weighted by Gasteiger charge is 2.12. The highest BCUT2D eigenvalue weighted by molar-refractivity contribution is 5.80. The summed E-state index contributed by atoms with van der Waals surface area (Å²) in [5.41, 5.74) is 5.31. The van der Waals surface area contributed by atoms with E-state index in [2.05, 4.69) is 5.32 Å². The Balaban J connectivity index is 3.68. The molecule has 3 N–H and O–H groups in total. The predicted molar refractivity (Wildman–Crippen MR) is 43.1 cm³/mol. The van der Waals surface area contributed by atoms with Gasteiger partial charge < -0.3 is 15.8 Å². The molecule has 0 aromatic heterocycles. The van der Waals surface area contributed by atoms with Gasteiger partial charge in [0.1, 0.15) is 6.10 Å². The molecule has 1 unspecified atom stereocenters. The van der Waals surface area contributed by atoms with E-state index in [0.29, 0.717) is 6.54 Å². The van der Waals surface area contributed by atoms with Gasteiger partial charge in [-0.2, -0.15) is 0 Å². The van der Waals surface area contributed by atoms with Crippen molar-refractivity contribution < 1.29 is 9.53 Å². The molecule has 66 valence electrons. The Morgan fingerprint density at radius 3 is 2.55 bits per heavy atom. The third-order valence-electron chi connectivity index (χ3n) is 1.46. The van der Waals surface area contributed by atoms with Gasteiger partial charge in [-0.05, 0) is 13.8 Å². The molecule has 0 saturated carbocycles. The number of carbonyl (C=O) groups excluding carboxylic acids is 1. The molecule has 0 aliphatic rings. The van der Waals surface area contributed by atoms with Gasteiger partial charge in [-0.3, -0.25) is 4.79 Å². The fourth-order valence-corrected chi connectivity index (χ4v) is 0.526. The van der Waals surface area contributed by atoms with Crippen molar-refractivity contribution in [2.45, 2.75) is 26.0 Å². The number of amides is 1. The lowest BCUT2D eigenvalue weighted by Crippen LogP contribution is -2.42. The number of nitrogens with one attached hydrogen (secondary N) is 1. The maximum Gasteiger partial charge on any atom is 0.249 e. The molecule has 4 nitrogen and oxygen atoms in total. The zero-order valence-electron chi connectivity index (χ0n) is 7.26. The molecule has 0 fully saturated rings. The van der Waals surface area contributed by atoms with Gasteiger partial charge in [0.2, 0.25) is 5.91 Å². The Labute approximate surface area is 67.1 Å². The third kappa shape index (κ3) is 3.95. The minimum atomic E-state index is -0.399. The lowest BCUT2D eigenvalue weighted by atomic mass is 10.3. The normalized spacial score (nSPS) is 15.6. The number of nitrogens with two attached hydrogens (primary N) is 1. The zero-order valence-corrected chi connectivity index (χ0v) is 7.26. The number of hydrogen-bond acceptors (Lipinski definition) is 3. The standard InChI is InChI=1S/C7H16N2O2/c1-5(4-8)9-7(10)6(2)11-3/h5-6H,4,8H2,1-3H3,(H,9,10)/t5-,6?/m1/s1. The van der Waals surface area contributed by atoms with Gasteiger partial charge in [0.05, 0.1) is 0 Å². The highest BCUT2D eigenvalue weighted by atomic mass is 16.5. The molecule has 0 rings (SSSR count). The first kappa shape index (κ1) is 10.4. The lowest BCUT2D eigenvalue weighted by molar-refractivity contribution is -0.130. The molecule has 0 radical (unpaired) electrons. The van der Waals surface area contributed by atoms with E-state index < -0.39 is 6.10 Å². The molecule has 1 amide bonds. The molecule has 0 spiro atoms. The molecule has 2 atom stereocenters. The van der Waals surface area contributed by atoms with E-state index in [1.165, 1.54) is 7.11 Å². The van der Waals surface area contributed by atoms with Gasteiger partial charge in [-0.1, -0.05) is 0 Å². The summed E-state index contributed by atoms with van der Waals surface area (Å²) < 4.78 is 4.80. The maximum absolute atomic E-state index is 11.1. The van der Waals surface area contributed by atoms with Gasteiger partial charge >= 0.3 is 0 Å². The molecule has 0 aliphatic carbocycles. The van der Waals surface area contributed by atoms with Crippen LogP contribution in [0.15, 0.2) is 0 Å². The molecule has 0 aromatic rings. The minimum absolute atomic E-state index is 0.0140. The van der Waals surface area contributed by atoms with Crippen LogP contribution in [0.2, 0.25) is 0 Å². The van der Waals surface area contributed by atoms with Gasteiger partial charge in [0.25, 0.3) is 0 Å². The van der Waals surface area contributed by atoms with E-state index in [-0.39, 0.29) is 11.9 Å². The van der Waals surface area contributed by atoms with Crippen LogP contribution in [0, 0.1) is 0 Å². The number of hydrogen-bond donors (Lipinski definition) is 2. The maximum atomic E-state index is 11.1. The zero-order chi connectivity index (χ0) is 8.85. The molecule has 0 aromatic carbocycles. The van der Waals surface area contributed by atoms with E-state index >= 15 is 0 Å². The molecule has 0 heterocycles. The average molecular weight is 160 g/mol. The molecule has 11 heavy (non-hydrogen) atoms. The van der Waals surface area contributed by atoms with Crippen LogP contribution in [-0.4, -0.2) is 31.7 Å². The van der Waals surface area contributed by atoms with Crippen molar-refractivity contribution in [2.24, 2.45) is 5.73 Å². The van der Waals surface area contributed by atoms with Crippen molar-refractivity contribution >= 4 is 5.91 Å². The SMILES string of the molecule is COC(C)C(=O)N[C@H](C)CN. The van der Waals surface area contributed by atoms with Gasteiger partial charge in [-0.25, -0.2) is 0 Å². The summed E-state index contributed by atoms with van der Waals surface area (Å²) in [5, 5.41) is 2.69. The second kappa shape index (κ2) is 5.09. The summed E-state index contributed by atoms with van der Waals surface area (Å²) in [4.78, 5) is 11.1. The first-order chi connectivity index (χ1) is 5.11. The topological polar surface area (TPSA) is 64.3 Å². The Bertz CT molecular complexity index is 128. The third-order valence-corrected chi connectivity index (χ3v) is 1.46. The fraction of sp³-hybridized carbons (Fsp3) is 0.857. The minimum Gasteiger partial charge on any atom is -0.372 e. The quantitative estimate of drug-likeness (QED) is 0.582. The van der Waals surface area contributed by atoms with Crippen LogP contribution in [0.3, 0.4) is 0 Å². The Morgan fingerprint density at radius 1 is 1.64 bits per heavy atom. The van der Waals surface area contributed by atoms with Crippen LogP contribution < -0.4 is 11.1 Å². The average Bonchev–Trinajstić information content (AvgIpc) is 2.02. The van der Waals surface area contributed by atoms with Crippen LogP contribution in [0.1, 0.15) is 13.8 Å². The Hall–Kier alpha value is -0.610. The first-order valence-electron chi connectivity index (χ1n) is 3.65. The number of methoxy groups -OCH3 is 1. The van der Waals surface area contributed by atoms with E-state index in [0.717, 1.165) is 0 Å². The molecule has 0 saturated heterocycles. The summed E-state index contributed by atoms with van der Waals surface area (Å²) in [5.74, 6) is -0.120. The summed E-state index contributed by atoms with van der Waals surface area (Å²) in [6.07, 6.45) is -0.399. The van der Waals surface area contributed by atoms with E-state index in [9.17, 15) is 4.79 Å². The van der Waals surface area contributed by atoms with Crippen molar-refractivity contribution in [1.82, 2.24) is 5.32 Å². The molecule has 0 aliphatic heterocycles. The first-order valence-corrected chi connectivity index (χ1v) is 3.65. The monoisotopic (exact) mass is 160 g/mol. The van der Waals surface area contributed by atoms with Crippen molar-refractivity contribution in [3.05, 3.63) is 0 Å². The summed E-state index contributed by atoms with van der Waals surface area (Å²) >= 11 is 0. The summed E-state index contributed by atoms with van der Waals surface area (Å²) in [6.45, 7) is 3.99. The number of ether oxygens (including phenoxy) is 1. The van der Waals surface area contributed by atoms with Crippen molar-refractivity contribution in [3.8, 4) is 0 Å². The van der Waals surface area contributed by atoms with Crippen LogP contribution in [0.25, 0.3) is 0 Å². The number of rotatable bonds is 4. The molecule has 0 bridgehead atoms. The van der Waals surface area contributed by atoms with Gasteiger partial charge in [0, 0.05) is 19.7 Å². The Kier molecular flexibility index (Phi) is 4.81. The van der Waals surface area contributed by atoms with Crippen molar-refractivity contribution in [1.29, 1.82) is 0 Å². The lowest BCUT2D eigenvalue weighted by Gasteiger charge is -2.14. The Morgan fingerprint density at radius 2 is 2.18 bits per heavy atom. The van der Waals surface area contributed by atoms with Crippen molar-refractivity contribution in [3.63, 3.8) is 0 Å². The van der Waals surface area contributed by atoms with E-state index in [4.69, 9.17) is 10.5 Å². The van der Waals surface area contributed by atoms with Gasteiger partial charge in [0.15, 0.2) is 0 Å². The second-order valence-electron chi connectivity index (χ2n) is 2.52. The fourth-order valence-electron chi connectivity index (χ4n) is 0.526. The predicted octanol–water partition coefficient (Wildman–Crippen LogP) is -0.515. The van der Waals surface area contributed by atoms with Crippen LogP contribution in [0.4, 0.5) is 0 Å². The number of carbonyl (C=O) groups is 1. The largest absolute Gasteiger partial charge is 0.372 e. The summed E-state index contributed by atoms with van der Waals surface area (Å²) in [7, 11) is 1.50.